The Hall–Kier alpha value is -3.30. The molecular formula is C27H30N4O5S2. The van der Waals surface area contributed by atoms with E-state index in [4.69, 9.17) is 4.74 Å². The molecule has 3 unspecified atom stereocenters. The number of sulfonamides is 1. The van der Waals surface area contributed by atoms with Crippen molar-refractivity contribution in [3.63, 3.8) is 0 Å². The van der Waals surface area contributed by atoms with Crippen molar-refractivity contribution in [1.29, 1.82) is 5.26 Å². The van der Waals surface area contributed by atoms with Crippen molar-refractivity contribution in [1.82, 2.24) is 14.9 Å². The van der Waals surface area contributed by atoms with Crippen LogP contribution in [0.5, 0.6) is 0 Å². The Kier molecular flexibility index (Phi) is 8.79. The van der Waals surface area contributed by atoms with Crippen molar-refractivity contribution >= 4 is 43.3 Å². The van der Waals surface area contributed by atoms with Gasteiger partial charge in [-0.15, -0.1) is 11.3 Å². The molecule has 3 atom stereocenters. The Bertz CT molecular complexity index is 1430. The third-order valence-electron chi connectivity index (χ3n) is 6.66. The third-order valence-corrected chi connectivity index (χ3v) is 9.70. The zero-order valence-corrected chi connectivity index (χ0v) is 22.8. The topological polar surface area (TPSA) is 129 Å². The fourth-order valence-electron chi connectivity index (χ4n) is 4.29. The maximum atomic E-state index is 13.2. The monoisotopic (exact) mass is 554 g/mol. The van der Waals surface area contributed by atoms with E-state index in [1.165, 1.54) is 27.8 Å². The van der Waals surface area contributed by atoms with Crippen LogP contribution in [0.2, 0.25) is 0 Å². The van der Waals surface area contributed by atoms with Gasteiger partial charge in [-0.1, -0.05) is 50.6 Å². The summed E-state index contributed by atoms with van der Waals surface area (Å²) in [6.07, 6.45) is 0.0993. The summed E-state index contributed by atoms with van der Waals surface area (Å²) in [7, 11) is -3.91. The molecule has 4 rings (SSSR count). The summed E-state index contributed by atoms with van der Waals surface area (Å²) in [5.41, 5.74) is 0.0784. The second-order valence-electron chi connectivity index (χ2n) is 9.19. The summed E-state index contributed by atoms with van der Waals surface area (Å²) in [5.74, 6) is -0.791. The van der Waals surface area contributed by atoms with Gasteiger partial charge in [-0.2, -0.15) is 9.57 Å². The number of carbonyl (C=O) groups is 2. The van der Waals surface area contributed by atoms with Crippen molar-refractivity contribution in [2.24, 2.45) is 5.92 Å². The molecule has 0 radical (unpaired) electrons. The van der Waals surface area contributed by atoms with Crippen LogP contribution >= 0.6 is 11.3 Å². The molecular weight excluding hydrogens is 524 g/mol. The van der Waals surface area contributed by atoms with Crippen LogP contribution in [0, 0.1) is 17.2 Å². The molecule has 11 heteroatoms. The van der Waals surface area contributed by atoms with E-state index in [0.717, 1.165) is 10.1 Å². The van der Waals surface area contributed by atoms with Crippen LogP contribution in [0.4, 0.5) is 0 Å². The average molecular weight is 555 g/mol. The molecule has 1 aliphatic heterocycles. The van der Waals surface area contributed by atoms with E-state index in [2.05, 4.69) is 10.6 Å². The van der Waals surface area contributed by atoms with Crippen LogP contribution < -0.4 is 10.6 Å². The first-order chi connectivity index (χ1) is 18.2. The minimum absolute atomic E-state index is 0.0323. The minimum Gasteiger partial charge on any atom is -0.374 e. The summed E-state index contributed by atoms with van der Waals surface area (Å²) in [6.45, 7) is 4.26. The standard InChI is InChI=1S/C27H30N4O5S2/c1-3-18(2)25(30-26(32)23-14-19-8-4-6-10-22(19)37-23)27(33)29-16-21-17-31(12-13-36-21)38(34,35)24-11-7-5-9-20(24)15-28/h4-11,14,18,21,25H,3,12-13,16-17H2,1-2H3,(H,29,33)(H,30,32). The molecule has 0 bridgehead atoms. The average Bonchev–Trinajstić information content (AvgIpc) is 3.39. The number of thiophene rings is 1. The first-order valence-electron chi connectivity index (χ1n) is 12.4. The van der Waals surface area contributed by atoms with Gasteiger partial charge in [0.1, 0.15) is 12.1 Å². The normalized spacial score (nSPS) is 17.9. The number of nitrogens with one attached hydrogen (secondary N) is 2. The number of morpholine rings is 1. The fraction of sp³-hybridized carbons (Fsp3) is 0.370. The van der Waals surface area contributed by atoms with E-state index in [1.54, 1.807) is 12.1 Å². The van der Waals surface area contributed by atoms with Crippen molar-refractivity contribution in [2.45, 2.75) is 37.3 Å². The lowest BCUT2D eigenvalue weighted by atomic mass is 9.98. The number of carbonyl (C=O) groups excluding carboxylic acids is 2. The molecule has 1 aromatic heterocycles. The molecule has 2 amide bonds. The summed E-state index contributed by atoms with van der Waals surface area (Å²) >= 11 is 1.37. The predicted octanol–water partition coefficient (Wildman–Crippen LogP) is 3.12. The Morgan fingerprint density at radius 1 is 1.21 bits per heavy atom. The van der Waals surface area contributed by atoms with Gasteiger partial charge in [0, 0.05) is 24.3 Å². The molecule has 2 heterocycles. The number of fused-ring (bicyclic) bond motifs is 1. The number of nitrogens with zero attached hydrogens (tertiary/aromatic N) is 2. The lowest BCUT2D eigenvalue weighted by Gasteiger charge is -2.33. The Morgan fingerprint density at radius 2 is 1.95 bits per heavy atom. The molecule has 2 aromatic carbocycles. The van der Waals surface area contributed by atoms with E-state index in [0.29, 0.717) is 11.3 Å². The van der Waals surface area contributed by atoms with Gasteiger partial charge in [0.15, 0.2) is 0 Å². The molecule has 1 aliphatic rings. The number of rotatable bonds is 9. The Morgan fingerprint density at radius 3 is 2.68 bits per heavy atom. The molecule has 2 N–H and O–H groups in total. The molecule has 200 valence electrons. The van der Waals surface area contributed by atoms with Crippen LogP contribution in [-0.2, 0) is 19.6 Å². The van der Waals surface area contributed by atoms with Gasteiger partial charge < -0.3 is 15.4 Å². The van der Waals surface area contributed by atoms with Gasteiger partial charge in [0.25, 0.3) is 5.91 Å². The number of hydrogen-bond donors (Lipinski definition) is 2. The second kappa shape index (κ2) is 12.0. The summed E-state index contributed by atoms with van der Waals surface area (Å²) in [5, 5.41) is 16.0. The fourth-order valence-corrected chi connectivity index (χ4v) is 6.85. The second-order valence-corrected chi connectivity index (χ2v) is 12.2. The maximum absolute atomic E-state index is 13.2. The van der Waals surface area contributed by atoms with Crippen LogP contribution in [0.25, 0.3) is 10.1 Å². The Labute approximate surface area is 226 Å². The molecule has 1 saturated heterocycles. The van der Waals surface area contributed by atoms with E-state index >= 15 is 0 Å². The van der Waals surface area contributed by atoms with E-state index in [1.807, 2.05) is 50.2 Å². The van der Waals surface area contributed by atoms with Gasteiger partial charge >= 0.3 is 0 Å². The highest BCUT2D eigenvalue weighted by Gasteiger charge is 2.33. The molecule has 3 aromatic rings. The first-order valence-corrected chi connectivity index (χ1v) is 14.7. The van der Waals surface area contributed by atoms with Gasteiger partial charge in [-0.25, -0.2) is 8.42 Å². The highest BCUT2D eigenvalue weighted by molar-refractivity contribution is 7.89. The molecule has 0 saturated carbocycles. The van der Waals surface area contributed by atoms with Gasteiger partial charge in [-0.05, 0) is 35.6 Å². The lowest BCUT2D eigenvalue weighted by Crippen LogP contribution is -2.54. The Balaban J connectivity index is 1.40. The number of hydrogen-bond acceptors (Lipinski definition) is 7. The molecule has 0 spiro atoms. The van der Waals surface area contributed by atoms with Crippen molar-refractivity contribution < 1.29 is 22.7 Å². The van der Waals surface area contributed by atoms with Crippen molar-refractivity contribution in [3.05, 3.63) is 65.0 Å². The quantitative estimate of drug-likeness (QED) is 0.418. The summed E-state index contributed by atoms with van der Waals surface area (Å²) in [6, 6.07) is 16.8. The predicted molar refractivity (Wildman–Crippen MR) is 145 cm³/mol. The maximum Gasteiger partial charge on any atom is 0.262 e. The highest BCUT2D eigenvalue weighted by Crippen LogP contribution is 2.26. The van der Waals surface area contributed by atoms with Gasteiger partial charge in [0.2, 0.25) is 15.9 Å². The third kappa shape index (κ3) is 6.05. The van der Waals surface area contributed by atoms with E-state index in [9.17, 15) is 23.3 Å². The smallest absolute Gasteiger partial charge is 0.262 e. The number of amides is 2. The van der Waals surface area contributed by atoms with Gasteiger partial charge in [-0.3, -0.25) is 9.59 Å². The number of benzene rings is 2. The highest BCUT2D eigenvalue weighted by atomic mass is 32.2. The minimum atomic E-state index is -3.91. The molecule has 1 fully saturated rings. The largest absolute Gasteiger partial charge is 0.374 e. The number of nitriles is 1. The van der Waals surface area contributed by atoms with Gasteiger partial charge in [0.05, 0.1) is 28.0 Å². The van der Waals surface area contributed by atoms with Crippen LogP contribution in [0.1, 0.15) is 35.5 Å². The van der Waals surface area contributed by atoms with Crippen LogP contribution in [0.15, 0.2) is 59.5 Å². The van der Waals surface area contributed by atoms with E-state index < -0.39 is 22.2 Å². The summed E-state index contributed by atoms with van der Waals surface area (Å²) < 4.78 is 34.4. The SMILES string of the molecule is CCC(C)C(NC(=O)c1cc2ccccc2s1)C(=O)NCC1CN(S(=O)(=O)c2ccccc2C#N)CCO1. The first kappa shape index (κ1) is 27.7. The van der Waals surface area contributed by atoms with Crippen molar-refractivity contribution in [2.75, 3.05) is 26.2 Å². The van der Waals surface area contributed by atoms with E-state index in [-0.39, 0.29) is 54.4 Å². The van der Waals surface area contributed by atoms with Crippen molar-refractivity contribution in [3.8, 4) is 6.07 Å². The molecule has 9 nitrogen and oxygen atoms in total. The van der Waals surface area contributed by atoms with Crippen LogP contribution in [0.3, 0.4) is 0 Å². The zero-order valence-electron chi connectivity index (χ0n) is 21.2. The number of ether oxygens (including phenoxy) is 1. The molecule has 38 heavy (non-hydrogen) atoms. The zero-order chi connectivity index (χ0) is 27.3. The molecule has 0 aliphatic carbocycles. The summed E-state index contributed by atoms with van der Waals surface area (Å²) in [4.78, 5) is 26.6. The van der Waals surface area contributed by atoms with Crippen LogP contribution in [-0.4, -0.2) is 62.9 Å². The lowest BCUT2D eigenvalue weighted by molar-refractivity contribution is -0.125.